The predicted octanol–water partition coefficient (Wildman–Crippen LogP) is -9.72. The zero-order chi connectivity index (χ0) is 10.9. The number of ether oxygens (including phenoxy) is 1. The van der Waals surface area contributed by atoms with E-state index in [1.54, 1.807) is 0 Å². The third-order valence-electron chi connectivity index (χ3n) is 1.73. The molecule has 84 valence electrons. The summed E-state index contributed by atoms with van der Waals surface area (Å²) in [5.41, 5.74) is 0. The Hall–Kier alpha value is 1.95. The van der Waals surface area contributed by atoms with Crippen LogP contribution in [0.25, 0.3) is 0 Å². The molecule has 1 rings (SSSR count). The molecule has 3 N–H and O–H groups in total. The molecule has 0 aliphatic carbocycles. The molecule has 0 saturated carbocycles. The Labute approximate surface area is 136 Å². The summed E-state index contributed by atoms with van der Waals surface area (Å²) in [4.78, 5) is 20.1. The van der Waals surface area contributed by atoms with Crippen molar-refractivity contribution < 1.29 is 98.0 Å². The average Bonchev–Trinajstić information content (AvgIpc) is 2.28. The van der Waals surface area contributed by atoms with Gasteiger partial charge in [0.05, 0.1) is 14.4 Å². The monoisotopic (exact) mass is 274 g/mol. The molecule has 4 atom stereocenters. The van der Waals surface area contributed by atoms with Crippen molar-refractivity contribution in [2.24, 2.45) is 0 Å². The quantitative estimate of drug-likeness (QED) is 0.340. The molecule has 1 heterocycles. The Morgan fingerprint density at radius 2 is 1.69 bits per heavy atom. The van der Waals surface area contributed by atoms with Gasteiger partial charge in [-0.2, -0.15) is 0 Å². The van der Waals surface area contributed by atoms with E-state index in [1.165, 1.54) is 0 Å². The van der Waals surface area contributed by atoms with Crippen LogP contribution in [0.1, 0.15) is 0 Å². The van der Waals surface area contributed by atoms with Crippen LogP contribution in [0.5, 0.6) is 0 Å². The van der Waals surface area contributed by atoms with E-state index >= 15 is 0 Å². The molecular weight excluding hydrogens is 265 g/mol. The minimum absolute atomic E-state index is 0. The molecule has 0 unspecified atom stereocenters. The van der Waals surface area contributed by atoms with E-state index in [-0.39, 0.29) is 59.1 Å². The van der Waals surface area contributed by atoms with Gasteiger partial charge in [-0.05, 0) is 0 Å². The number of aliphatic hydroxyl groups is 3. The molecule has 0 amide bonds. The largest absolute Gasteiger partial charge is 1.00 e. The molecule has 1 fully saturated rings. The first kappa shape index (κ1) is 20.3. The summed E-state index contributed by atoms with van der Waals surface area (Å²) in [5.74, 6) is 0. The van der Waals surface area contributed by atoms with Gasteiger partial charge >= 0.3 is 59.1 Å². The van der Waals surface area contributed by atoms with Crippen LogP contribution in [-0.2, 0) is 13.8 Å². The zero-order valence-electron chi connectivity index (χ0n) is 8.85. The molecule has 0 spiro atoms. The fourth-order valence-corrected chi connectivity index (χ4v) is 1.36. The van der Waals surface area contributed by atoms with Crippen molar-refractivity contribution in [3.63, 3.8) is 0 Å². The van der Waals surface area contributed by atoms with Crippen LogP contribution in [-0.4, -0.2) is 46.5 Å². The first-order chi connectivity index (χ1) is 6.31. The number of rotatable bonds is 3. The van der Waals surface area contributed by atoms with Crippen LogP contribution in [0, 0.1) is 0 Å². The van der Waals surface area contributed by atoms with Gasteiger partial charge < -0.3 is 38.9 Å². The molecule has 0 aromatic carbocycles. The van der Waals surface area contributed by atoms with Crippen LogP contribution in [0.15, 0.2) is 0 Å². The second-order valence-corrected chi connectivity index (χ2v) is 3.94. The van der Waals surface area contributed by atoms with E-state index in [1.807, 2.05) is 0 Å². The first-order valence-corrected chi connectivity index (χ1v) is 5.13. The minimum Gasteiger partial charge on any atom is -0.790 e. The smallest absolute Gasteiger partial charge is 0.790 e. The molecule has 8 nitrogen and oxygen atoms in total. The molecule has 16 heavy (non-hydrogen) atoms. The average molecular weight is 274 g/mol. The summed E-state index contributed by atoms with van der Waals surface area (Å²) in [5, 5.41) is 26.9. The van der Waals surface area contributed by atoms with Crippen molar-refractivity contribution in [3.8, 4) is 0 Å². The Bertz CT molecular complexity index is 247. The molecular formula is C5H9Na2O8P. The maximum atomic E-state index is 10.0. The second-order valence-electron chi connectivity index (χ2n) is 2.79. The van der Waals surface area contributed by atoms with Crippen LogP contribution in [0.4, 0.5) is 0 Å². The number of phosphoric acid groups is 1. The number of phosphoric ester groups is 1. The Morgan fingerprint density at radius 1 is 1.19 bits per heavy atom. The van der Waals surface area contributed by atoms with Gasteiger partial charge in [-0.1, -0.05) is 0 Å². The SMILES string of the molecule is O=P([O-])([O-])OC[C@H]1O[C@H](O)[C@H](O)[C@@H]1O.[Na+].[Na+]. The molecule has 1 aliphatic rings. The number of hydrogen-bond donors (Lipinski definition) is 3. The van der Waals surface area contributed by atoms with E-state index < -0.39 is 39.0 Å². The molecule has 0 bridgehead atoms. The molecule has 0 aromatic rings. The number of hydrogen-bond acceptors (Lipinski definition) is 8. The molecule has 1 aliphatic heterocycles. The van der Waals surface area contributed by atoms with Crippen molar-refractivity contribution in [3.05, 3.63) is 0 Å². The zero-order valence-corrected chi connectivity index (χ0v) is 13.7. The van der Waals surface area contributed by atoms with Crippen molar-refractivity contribution in [1.82, 2.24) is 0 Å². The second kappa shape index (κ2) is 8.19. The summed E-state index contributed by atoms with van der Waals surface area (Å²) in [6, 6.07) is 0. The summed E-state index contributed by atoms with van der Waals surface area (Å²) in [6.07, 6.45) is -5.88. The normalized spacial score (nSPS) is 34.1. The third kappa shape index (κ3) is 6.21. The molecule has 0 aromatic heterocycles. The van der Waals surface area contributed by atoms with Crippen molar-refractivity contribution in [2.45, 2.75) is 24.6 Å². The summed E-state index contributed by atoms with van der Waals surface area (Å²) in [6.45, 7) is -0.737. The fourth-order valence-electron chi connectivity index (χ4n) is 1.03. The van der Waals surface area contributed by atoms with E-state index in [0.29, 0.717) is 0 Å². The van der Waals surface area contributed by atoms with Gasteiger partial charge in [-0.3, -0.25) is 0 Å². The first-order valence-electron chi connectivity index (χ1n) is 3.67. The van der Waals surface area contributed by atoms with Crippen molar-refractivity contribution >= 4 is 7.82 Å². The topological polar surface area (TPSA) is 142 Å². The maximum absolute atomic E-state index is 10.0. The molecule has 1 saturated heterocycles. The standard InChI is InChI=1S/C5H11O8P.2Na/c6-3-2(1-12-14(9,10)11)13-5(8)4(3)7;;/h2-8H,1H2,(H2,9,10,11);;/q;2*+1/p-2/t2-,3-,4-,5+;;/m1../s1. The summed E-state index contributed by atoms with van der Waals surface area (Å²) < 4.78 is 18.4. The minimum atomic E-state index is -5.14. The van der Waals surface area contributed by atoms with Gasteiger partial charge in [0.2, 0.25) is 0 Å². The van der Waals surface area contributed by atoms with Crippen molar-refractivity contribution in [1.29, 1.82) is 0 Å². The van der Waals surface area contributed by atoms with Crippen molar-refractivity contribution in [2.75, 3.05) is 6.61 Å². The fraction of sp³-hybridized carbons (Fsp3) is 1.00. The van der Waals surface area contributed by atoms with Gasteiger partial charge in [0.15, 0.2) is 6.29 Å². The van der Waals surface area contributed by atoms with E-state index in [4.69, 9.17) is 15.3 Å². The van der Waals surface area contributed by atoms with Gasteiger partial charge in [0.1, 0.15) is 18.3 Å². The Balaban J connectivity index is 0. The van der Waals surface area contributed by atoms with Gasteiger partial charge in [0.25, 0.3) is 0 Å². The summed E-state index contributed by atoms with van der Waals surface area (Å²) in [7, 11) is -5.14. The van der Waals surface area contributed by atoms with E-state index in [2.05, 4.69) is 9.26 Å². The van der Waals surface area contributed by atoms with E-state index in [9.17, 15) is 14.4 Å². The van der Waals surface area contributed by atoms with Crippen LogP contribution in [0.2, 0.25) is 0 Å². The number of aliphatic hydroxyl groups excluding tert-OH is 3. The van der Waals surface area contributed by atoms with Crippen LogP contribution >= 0.6 is 7.82 Å². The molecule has 11 heteroatoms. The van der Waals surface area contributed by atoms with Crippen LogP contribution in [0.3, 0.4) is 0 Å². The third-order valence-corrected chi connectivity index (χ3v) is 2.20. The van der Waals surface area contributed by atoms with E-state index in [0.717, 1.165) is 0 Å². The Kier molecular flexibility index (Phi) is 10.4. The van der Waals surface area contributed by atoms with Crippen LogP contribution < -0.4 is 68.9 Å². The molecule has 0 radical (unpaired) electrons. The maximum Gasteiger partial charge on any atom is 1.00 e. The van der Waals surface area contributed by atoms with Gasteiger partial charge in [-0.15, -0.1) is 0 Å². The Morgan fingerprint density at radius 3 is 2.00 bits per heavy atom. The van der Waals surface area contributed by atoms with Gasteiger partial charge in [0, 0.05) is 0 Å². The van der Waals surface area contributed by atoms with Gasteiger partial charge in [-0.25, -0.2) is 0 Å². The predicted molar refractivity (Wildman–Crippen MR) is 36.5 cm³/mol. The summed E-state index contributed by atoms with van der Waals surface area (Å²) >= 11 is 0.